The molecule has 0 aromatic heterocycles. The lowest BCUT2D eigenvalue weighted by molar-refractivity contribution is -0.138. The van der Waals surface area contributed by atoms with Crippen LogP contribution >= 0.6 is 39.1 Å². The number of rotatable bonds is 6. The standard InChI is InChI=1S/C24H14BrCl2NO5/c25-13-6-8-14(9-7-13)28-23(31)21(30)19(20(29)12-5-10-17(26)18(27)11-12)22-15-3-1-2-4-16(15)24(32)33-22/h1-11,19,22H,(H,28,31)/t19-,22+/m0/s1. The normalized spacial score (nSPS) is 15.4. The van der Waals surface area contributed by atoms with Gasteiger partial charge in [0.25, 0.3) is 5.91 Å². The number of hydrogen-bond acceptors (Lipinski definition) is 5. The van der Waals surface area contributed by atoms with Crippen LogP contribution in [0, 0.1) is 5.92 Å². The molecule has 0 saturated heterocycles. The smallest absolute Gasteiger partial charge is 0.339 e. The monoisotopic (exact) mass is 545 g/mol. The van der Waals surface area contributed by atoms with Gasteiger partial charge in [-0.15, -0.1) is 0 Å². The minimum atomic E-state index is -1.62. The average Bonchev–Trinajstić information content (AvgIpc) is 3.13. The van der Waals surface area contributed by atoms with E-state index in [1.165, 1.54) is 24.3 Å². The molecule has 3 aromatic carbocycles. The molecule has 33 heavy (non-hydrogen) atoms. The van der Waals surface area contributed by atoms with Crippen molar-refractivity contribution in [2.24, 2.45) is 5.92 Å². The van der Waals surface area contributed by atoms with Crippen molar-refractivity contribution in [3.8, 4) is 0 Å². The van der Waals surface area contributed by atoms with E-state index < -0.39 is 35.5 Å². The van der Waals surface area contributed by atoms with E-state index in [-0.39, 0.29) is 21.2 Å². The summed E-state index contributed by atoms with van der Waals surface area (Å²) in [7, 11) is 0. The zero-order valence-corrected chi connectivity index (χ0v) is 19.8. The molecule has 0 radical (unpaired) electrons. The molecule has 6 nitrogen and oxygen atoms in total. The van der Waals surface area contributed by atoms with Crippen molar-refractivity contribution in [3.05, 3.63) is 97.9 Å². The number of ether oxygens (including phenoxy) is 1. The fourth-order valence-corrected chi connectivity index (χ4v) is 4.07. The second-order valence-corrected chi connectivity index (χ2v) is 8.94. The number of esters is 1. The van der Waals surface area contributed by atoms with E-state index in [4.69, 9.17) is 27.9 Å². The van der Waals surface area contributed by atoms with Crippen LogP contribution in [0.3, 0.4) is 0 Å². The Hall–Kier alpha value is -3.00. The molecule has 2 atom stereocenters. The van der Waals surface area contributed by atoms with Gasteiger partial charge in [0.1, 0.15) is 12.0 Å². The van der Waals surface area contributed by atoms with Crippen molar-refractivity contribution in [1.82, 2.24) is 0 Å². The maximum atomic E-state index is 13.5. The van der Waals surface area contributed by atoms with Crippen LogP contribution in [-0.4, -0.2) is 23.4 Å². The molecule has 1 N–H and O–H groups in total. The Morgan fingerprint density at radius 1 is 0.939 bits per heavy atom. The van der Waals surface area contributed by atoms with Crippen LogP contribution in [0.4, 0.5) is 5.69 Å². The molecule has 1 aliphatic heterocycles. The first kappa shape index (κ1) is 23.2. The number of carbonyl (C=O) groups is 4. The number of fused-ring (bicyclic) bond motifs is 1. The van der Waals surface area contributed by atoms with E-state index in [0.717, 1.165) is 4.47 Å². The lowest BCUT2D eigenvalue weighted by Gasteiger charge is -2.21. The summed E-state index contributed by atoms with van der Waals surface area (Å²) in [4.78, 5) is 51.9. The molecule has 0 fully saturated rings. The Kier molecular flexibility index (Phi) is 6.65. The Labute approximate surface area is 207 Å². The predicted octanol–water partition coefficient (Wildman–Crippen LogP) is 5.67. The van der Waals surface area contributed by atoms with Gasteiger partial charge in [-0.2, -0.15) is 0 Å². The van der Waals surface area contributed by atoms with E-state index in [9.17, 15) is 19.2 Å². The van der Waals surface area contributed by atoms with Crippen LogP contribution in [-0.2, 0) is 14.3 Å². The maximum Gasteiger partial charge on any atom is 0.339 e. The van der Waals surface area contributed by atoms with E-state index in [2.05, 4.69) is 21.2 Å². The van der Waals surface area contributed by atoms with E-state index in [1.807, 2.05) is 0 Å². The zero-order valence-electron chi connectivity index (χ0n) is 16.7. The minimum absolute atomic E-state index is 0.0552. The second kappa shape index (κ2) is 9.47. The third-order valence-corrected chi connectivity index (χ3v) is 6.39. The molecule has 0 unspecified atom stereocenters. The summed E-state index contributed by atoms with van der Waals surface area (Å²) in [6, 6.07) is 17.1. The van der Waals surface area contributed by atoms with Gasteiger partial charge in [-0.05, 0) is 48.5 Å². The molecule has 1 heterocycles. The Morgan fingerprint density at radius 2 is 1.64 bits per heavy atom. The summed E-state index contributed by atoms with van der Waals surface area (Å²) in [5.74, 6) is -5.09. The number of ketones is 2. The highest BCUT2D eigenvalue weighted by Gasteiger charge is 2.46. The summed E-state index contributed by atoms with van der Waals surface area (Å²) >= 11 is 15.3. The van der Waals surface area contributed by atoms with Crippen LogP contribution in [0.1, 0.15) is 32.4 Å². The second-order valence-electron chi connectivity index (χ2n) is 7.21. The van der Waals surface area contributed by atoms with Gasteiger partial charge in [0.15, 0.2) is 5.78 Å². The molecule has 0 spiro atoms. The van der Waals surface area contributed by atoms with Gasteiger partial charge in [0, 0.05) is 21.3 Å². The first-order valence-electron chi connectivity index (χ1n) is 9.66. The quantitative estimate of drug-likeness (QED) is 0.186. The summed E-state index contributed by atoms with van der Waals surface area (Å²) in [5.41, 5.74) is 1.00. The molecular formula is C24H14BrCl2NO5. The number of hydrogen-bond donors (Lipinski definition) is 1. The van der Waals surface area contributed by atoms with Gasteiger partial charge in [-0.25, -0.2) is 4.79 Å². The Balaban J connectivity index is 1.72. The van der Waals surface area contributed by atoms with Crippen LogP contribution in [0.25, 0.3) is 0 Å². The summed E-state index contributed by atoms with van der Waals surface area (Å²) in [6.45, 7) is 0. The van der Waals surface area contributed by atoms with Crippen LogP contribution < -0.4 is 5.32 Å². The van der Waals surface area contributed by atoms with E-state index in [0.29, 0.717) is 11.3 Å². The number of Topliss-reactive ketones (excluding diaryl/α,β-unsaturated/α-hetero) is 2. The van der Waals surface area contributed by atoms with Crippen molar-refractivity contribution < 1.29 is 23.9 Å². The number of cyclic esters (lactones) is 1. The number of anilines is 1. The van der Waals surface area contributed by atoms with Crippen molar-refractivity contribution in [2.75, 3.05) is 5.32 Å². The van der Waals surface area contributed by atoms with Gasteiger partial charge in [0.2, 0.25) is 5.78 Å². The predicted molar refractivity (Wildman–Crippen MR) is 127 cm³/mol. The van der Waals surface area contributed by atoms with Crippen LogP contribution in [0.2, 0.25) is 10.0 Å². The van der Waals surface area contributed by atoms with E-state index in [1.54, 1.807) is 42.5 Å². The van der Waals surface area contributed by atoms with Crippen molar-refractivity contribution in [2.45, 2.75) is 6.10 Å². The largest absolute Gasteiger partial charge is 0.453 e. The Morgan fingerprint density at radius 3 is 2.33 bits per heavy atom. The third kappa shape index (κ3) is 4.71. The van der Waals surface area contributed by atoms with Crippen molar-refractivity contribution in [1.29, 1.82) is 0 Å². The number of nitrogens with one attached hydrogen (secondary N) is 1. The zero-order chi connectivity index (χ0) is 23.7. The molecule has 9 heteroatoms. The fourth-order valence-electron chi connectivity index (χ4n) is 3.51. The molecule has 0 saturated carbocycles. The number of amides is 1. The molecule has 0 aliphatic carbocycles. The fraction of sp³-hybridized carbons (Fsp3) is 0.0833. The number of halogens is 3. The highest BCUT2D eigenvalue weighted by molar-refractivity contribution is 9.10. The molecule has 3 aromatic rings. The topological polar surface area (TPSA) is 89.5 Å². The molecule has 1 aliphatic rings. The highest BCUT2D eigenvalue weighted by Crippen LogP contribution is 2.38. The molecule has 0 bridgehead atoms. The lowest BCUT2D eigenvalue weighted by atomic mass is 9.84. The van der Waals surface area contributed by atoms with Crippen molar-refractivity contribution in [3.63, 3.8) is 0 Å². The third-order valence-electron chi connectivity index (χ3n) is 5.12. The summed E-state index contributed by atoms with van der Waals surface area (Å²) < 4.78 is 6.19. The van der Waals surface area contributed by atoms with Gasteiger partial charge in [-0.3, -0.25) is 14.4 Å². The number of carbonyl (C=O) groups excluding carboxylic acids is 4. The molecular weight excluding hydrogens is 533 g/mol. The van der Waals surface area contributed by atoms with Gasteiger partial charge >= 0.3 is 5.97 Å². The van der Waals surface area contributed by atoms with Crippen molar-refractivity contribution >= 4 is 68.3 Å². The highest BCUT2D eigenvalue weighted by atomic mass is 79.9. The molecule has 1 amide bonds. The van der Waals surface area contributed by atoms with E-state index >= 15 is 0 Å². The lowest BCUT2D eigenvalue weighted by Crippen LogP contribution is -2.38. The van der Waals surface area contributed by atoms with Crippen LogP contribution in [0.15, 0.2) is 71.2 Å². The van der Waals surface area contributed by atoms with Crippen LogP contribution in [0.5, 0.6) is 0 Å². The minimum Gasteiger partial charge on any atom is -0.453 e. The van der Waals surface area contributed by atoms with Gasteiger partial charge in [-0.1, -0.05) is 57.3 Å². The number of benzene rings is 3. The maximum absolute atomic E-state index is 13.5. The first-order chi connectivity index (χ1) is 15.8. The Bertz CT molecular complexity index is 1290. The first-order valence-corrected chi connectivity index (χ1v) is 11.2. The summed E-state index contributed by atoms with van der Waals surface area (Å²) in [5, 5.41) is 2.82. The summed E-state index contributed by atoms with van der Waals surface area (Å²) in [6.07, 6.45) is -1.26. The van der Waals surface area contributed by atoms with Gasteiger partial charge in [0.05, 0.1) is 15.6 Å². The average molecular weight is 547 g/mol. The molecule has 4 rings (SSSR count). The van der Waals surface area contributed by atoms with Gasteiger partial charge < -0.3 is 10.1 Å². The SMILES string of the molecule is O=C(Nc1ccc(Br)cc1)C(=O)[C@H](C(=O)c1ccc(Cl)c(Cl)c1)[C@@H]1OC(=O)c2ccccc21. The molecule has 166 valence electrons.